The summed E-state index contributed by atoms with van der Waals surface area (Å²) >= 11 is 0. The molecule has 0 fully saturated rings. The van der Waals surface area contributed by atoms with Crippen LogP contribution in [-0.4, -0.2) is 13.8 Å². The Hall–Kier alpha value is -1.71. The van der Waals surface area contributed by atoms with Crippen LogP contribution < -0.4 is 14.8 Å². The molecule has 0 aromatic heterocycles. The minimum Gasteiger partial charge on any atom is -0.454 e. The summed E-state index contributed by atoms with van der Waals surface area (Å²) in [5, 5.41) is 3.40. The standard InChI is InChI=1S/C17H19NO2.ClH/c1-12-5-3-4-6-14(12)15(18-2)9-13-7-8-16-17(10-13)20-11-19-16;/h3-8,10,15,18H,9,11H2,1-2H3;1H. The molecule has 1 atom stereocenters. The summed E-state index contributed by atoms with van der Waals surface area (Å²) in [7, 11) is 2.00. The van der Waals surface area contributed by atoms with Crippen LogP contribution in [0, 0.1) is 6.92 Å². The third kappa shape index (κ3) is 3.31. The van der Waals surface area contributed by atoms with E-state index < -0.39 is 0 Å². The Balaban J connectivity index is 0.00000161. The van der Waals surface area contributed by atoms with Crippen LogP contribution in [0.5, 0.6) is 11.5 Å². The normalized spacial score (nSPS) is 13.6. The highest BCUT2D eigenvalue weighted by Crippen LogP contribution is 2.33. The molecule has 1 heterocycles. The molecule has 0 saturated carbocycles. The first-order chi connectivity index (χ1) is 9.78. The zero-order valence-electron chi connectivity index (χ0n) is 12.3. The Labute approximate surface area is 131 Å². The fourth-order valence-corrected chi connectivity index (χ4v) is 2.65. The predicted molar refractivity (Wildman–Crippen MR) is 86.5 cm³/mol. The van der Waals surface area contributed by atoms with Crippen LogP contribution in [0.2, 0.25) is 0 Å². The van der Waals surface area contributed by atoms with E-state index in [1.54, 1.807) is 0 Å². The van der Waals surface area contributed by atoms with Crippen LogP contribution in [0.25, 0.3) is 0 Å². The maximum Gasteiger partial charge on any atom is 0.231 e. The first kappa shape index (κ1) is 15.7. The fraction of sp³-hybridized carbons (Fsp3) is 0.294. The second kappa shape index (κ2) is 6.83. The number of ether oxygens (including phenoxy) is 2. The van der Waals surface area contributed by atoms with E-state index in [-0.39, 0.29) is 12.4 Å². The summed E-state index contributed by atoms with van der Waals surface area (Å²) in [5.41, 5.74) is 3.90. The van der Waals surface area contributed by atoms with Gasteiger partial charge in [0.15, 0.2) is 11.5 Å². The van der Waals surface area contributed by atoms with Gasteiger partial charge in [-0.25, -0.2) is 0 Å². The fourth-order valence-electron chi connectivity index (χ4n) is 2.65. The Kier molecular flexibility index (Phi) is 5.10. The van der Waals surface area contributed by atoms with Gasteiger partial charge in [-0.2, -0.15) is 0 Å². The van der Waals surface area contributed by atoms with E-state index in [1.165, 1.54) is 16.7 Å². The Morgan fingerprint density at radius 1 is 1.10 bits per heavy atom. The average molecular weight is 306 g/mol. The van der Waals surface area contributed by atoms with Crippen LogP contribution in [0.1, 0.15) is 22.7 Å². The molecule has 2 aromatic carbocycles. The molecule has 1 unspecified atom stereocenters. The number of halogens is 1. The maximum atomic E-state index is 5.44. The van der Waals surface area contributed by atoms with Crippen LogP contribution in [0.4, 0.5) is 0 Å². The summed E-state index contributed by atoms with van der Waals surface area (Å²) in [6.07, 6.45) is 0.929. The SMILES string of the molecule is CNC(Cc1ccc2c(c1)OCO2)c1ccccc1C.Cl. The second-order valence-corrected chi connectivity index (χ2v) is 5.09. The molecule has 3 rings (SSSR count). The molecular weight excluding hydrogens is 286 g/mol. The van der Waals surface area contributed by atoms with Crippen LogP contribution in [-0.2, 0) is 6.42 Å². The van der Waals surface area contributed by atoms with Gasteiger partial charge in [0.2, 0.25) is 6.79 Å². The van der Waals surface area contributed by atoms with Gasteiger partial charge in [0.1, 0.15) is 0 Å². The van der Waals surface area contributed by atoms with Gasteiger partial charge in [0.25, 0.3) is 0 Å². The zero-order chi connectivity index (χ0) is 13.9. The van der Waals surface area contributed by atoms with Gasteiger partial charge in [-0.05, 0) is 49.2 Å². The first-order valence-corrected chi connectivity index (χ1v) is 6.89. The maximum absolute atomic E-state index is 5.44. The highest BCUT2D eigenvalue weighted by molar-refractivity contribution is 5.85. The third-order valence-electron chi connectivity index (χ3n) is 3.79. The molecule has 1 aliphatic heterocycles. The summed E-state index contributed by atoms with van der Waals surface area (Å²) in [5.74, 6) is 1.69. The molecule has 0 bridgehead atoms. The summed E-state index contributed by atoms with van der Waals surface area (Å²) in [6.45, 7) is 2.48. The smallest absolute Gasteiger partial charge is 0.231 e. The van der Waals surface area contributed by atoms with Crippen molar-refractivity contribution in [1.29, 1.82) is 0 Å². The number of likely N-dealkylation sites (N-methyl/N-ethyl adjacent to an activating group) is 1. The van der Waals surface area contributed by atoms with E-state index in [1.807, 2.05) is 13.1 Å². The van der Waals surface area contributed by atoms with Gasteiger partial charge in [-0.1, -0.05) is 30.3 Å². The second-order valence-electron chi connectivity index (χ2n) is 5.09. The van der Waals surface area contributed by atoms with Gasteiger partial charge in [-0.15, -0.1) is 12.4 Å². The van der Waals surface area contributed by atoms with Crippen molar-refractivity contribution in [3.63, 3.8) is 0 Å². The van der Waals surface area contributed by atoms with Crippen molar-refractivity contribution in [1.82, 2.24) is 5.32 Å². The van der Waals surface area contributed by atoms with Gasteiger partial charge < -0.3 is 14.8 Å². The molecule has 1 aliphatic rings. The van der Waals surface area contributed by atoms with Gasteiger partial charge in [-0.3, -0.25) is 0 Å². The molecule has 2 aromatic rings. The predicted octanol–water partition coefficient (Wildman–Crippen LogP) is 3.65. The topological polar surface area (TPSA) is 30.5 Å². The van der Waals surface area contributed by atoms with Crippen LogP contribution in [0.3, 0.4) is 0 Å². The Morgan fingerprint density at radius 3 is 2.62 bits per heavy atom. The third-order valence-corrected chi connectivity index (χ3v) is 3.79. The molecule has 0 radical (unpaired) electrons. The molecule has 21 heavy (non-hydrogen) atoms. The van der Waals surface area contributed by atoms with E-state index in [0.29, 0.717) is 12.8 Å². The lowest BCUT2D eigenvalue weighted by Crippen LogP contribution is -2.19. The monoisotopic (exact) mass is 305 g/mol. The van der Waals surface area contributed by atoms with E-state index in [0.717, 1.165) is 17.9 Å². The van der Waals surface area contributed by atoms with Gasteiger partial charge in [0, 0.05) is 6.04 Å². The Bertz CT molecular complexity index is 615. The van der Waals surface area contributed by atoms with E-state index in [2.05, 4.69) is 48.6 Å². The van der Waals surface area contributed by atoms with Gasteiger partial charge >= 0.3 is 0 Å². The van der Waals surface area contributed by atoms with Crippen molar-refractivity contribution in [3.8, 4) is 11.5 Å². The molecule has 4 heteroatoms. The largest absolute Gasteiger partial charge is 0.454 e. The molecule has 0 aliphatic carbocycles. The number of hydrogen-bond donors (Lipinski definition) is 1. The van der Waals surface area contributed by atoms with Crippen LogP contribution in [0.15, 0.2) is 42.5 Å². The molecule has 0 saturated heterocycles. The number of benzene rings is 2. The molecule has 0 amide bonds. The van der Waals surface area contributed by atoms with E-state index >= 15 is 0 Å². The number of rotatable bonds is 4. The van der Waals surface area contributed by atoms with E-state index in [4.69, 9.17) is 9.47 Å². The highest BCUT2D eigenvalue weighted by Gasteiger charge is 2.16. The van der Waals surface area contributed by atoms with Crippen molar-refractivity contribution in [2.75, 3.05) is 13.8 Å². The summed E-state index contributed by atoms with van der Waals surface area (Å²) in [4.78, 5) is 0. The average Bonchev–Trinajstić information content (AvgIpc) is 2.93. The first-order valence-electron chi connectivity index (χ1n) is 6.89. The minimum absolute atomic E-state index is 0. The number of nitrogens with one attached hydrogen (secondary N) is 1. The number of aryl methyl sites for hydroxylation is 1. The lowest BCUT2D eigenvalue weighted by molar-refractivity contribution is 0.174. The van der Waals surface area contributed by atoms with Crippen molar-refractivity contribution < 1.29 is 9.47 Å². The molecule has 3 nitrogen and oxygen atoms in total. The molecular formula is C17H20ClNO2. The summed E-state index contributed by atoms with van der Waals surface area (Å²) < 4.78 is 10.8. The molecule has 0 spiro atoms. The van der Waals surface area contributed by atoms with Gasteiger partial charge in [0.05, 0.1) is 0 Å². The Morgan fingerprint density at radius 2 is 1.86 bits per heavy atom. The quantitative estimate of drug-likeness (QED) is 0.935. The molecule has 1 N–H and O–H groups in total. The van der Waals surface area contributed by atoms with Crippen molar-refractivity contribution >= 4 is 12.4 Å². The van der Waals surface area contributed by atoms with E-state index in [9.17, 15) is 0 Å². The highest BCUT2D eigenvalue weighted by atomic mass is 35.5. The van der Waals surface area contributed by atoms with Crippen LogP contribution >= 0.6 is 12.4 Å². The lowest BCUT2D eigenvalue weighted by atomic mass is 9.95. The zero-order valence-corrected chi connectivity index (χ0v) is 13.1. The molecule has 112 valence electrons. The number of hydrogen-bond acceptors (Lipinski definition) is 3. The minimum atomic E-state index is 0. The van der Waals surface area contributed by atoms with Crippen molar-refractivity contribution in [2.24, 2.45) is 0 Å². The summed E-state index contributed by atoms with van der Waals surface area (Å²) in [6, 6.07) is 15.0. The lowest BCUT2D eigenvalue weighted by Gasteiger charge is -2.19. The van der Waals surface area contributed by atoms with Crippen molar-refractivity contribution in [3.05, 3.63) is 59.2 Å². The van der Waals surface area contributed by atoms with Crippen molar-refractivity contribution in [2.45, 2.75) is 19.4 Å². The number of fused-ring (bicyclic) bond motifs is 1.